The molecule has 1 amide bonds. The molecule has 0 aromatic heterocycles. The van der Waals surface area contributed by atoms with Gasteiger partial charge in [-0.15, -0.1) is 0 Å². The first-order valence-corrected chi connectivity index (χ1v) is 17.2. The van der Waals surface area contributed by atoms with Crippen LogP contribution in [0, 0.1) is 0 Å². The van der Waals surface area contributed by atoms with E-state index in [0.29, 0.717) is 24.5 Å². The molecule has 0 aliphatic heterocycles. The Balaban J connectivity index is 1.62. The number of hydrogen-bond acceptors (Lipinski definition) is 6. The average molecular weight is 624 g/mol. The monoisotopic (exact) mass is 623 g/mol. The molecule has 0 radical (unpaired) electrons. The van der Waals surface area contributed by atoms with Crippen LogP contribution in [-0.4, -0.2) is 63.3 Å². The fourth-order valence-electron chi connectivity index (χ4n) is 4.86. The van der Waals surface area contributed by atoms with E-state index in [1.165, 1.54) is 77.2 Å². The number of nitrogens with zero attached hydrogens (tertiary/aromatic N) is 3. The second kappa shape index (κ2) is 22.3. The smallest absolute Gasteiger partial charge is 0.328 e. The summed E-state index contributed by atoms with van der Waals surface area (Å²) < 4.78 is 12.2. The topological polar surface area (TPSA) is 89.3 Å². The van der Waals surface area contributed by atoms with E-state index in [4.69, 9.17) is 9.47 Å². The van der Waals surface area contributed by atoms with Crippen LogP contribution < -0.4 is 10.1 Å². The summed E-state index contributed by atoms with van der Waals surface area (Å²) in [5, 5.41) is 11.3. The number of carbonyl (C=O) groups excluding carboxylic acids is 2. The maximum Gasteiger partial charge on any atom is 0.328 e. The van der Waals surface area contributed by atoms with E-state index >= 15 is 0 Å². The molecular weight excluding hydrogens is 564 g/mol. The quantitative estimate of drug-likeness (QED) is 0.0546. The van der Waals surface area contributed by atoms with Crippen molar-refractivity contribution in [3.63, 3.8) is 0 Å². The Kier molecular flexibility index (Phi) is 18.8. The van der Waals surface area contributed by atoms with Crippen molar-refractivity contribution in [2.45, 2.75) is 110 Å². The zero-order valence-corrected chi connectivity index (χ0v) is 28.7. The summed E-state index contributed by atoms with van der Waals surface area (Å²) >= 11 is 0. The molecule has 2 aromatic carbocycles. The number of hydrogen-bond donors (Lipinski definition) is 1. The van der Waals surface area contributed by atoms with Crippen LogP contribution in [0.15, 0.2) is 58.8 Å². The average Bonchev–Trinajstić information content (AvgIpc) is 3.02. The Hall–Kier alpha value is -3.26. The fraction of sp³-hybridized carbons (Fsp3) is 0.622. The van der Waals surface area contributed by atoms with Crippen LogP contribution in [0.2, 0.25) is 0 Å². The number of unbranched alkanes of at least 4 members (excludes halogenated alkanes) is 12. The van der Waals surface area contributed by atoms with Crippen LogP contribution in [0.25, 0.3) is 0 Å². The van der Waals surface area contributed by atoms with Crippen LogP contribution in [0.1, 0.15) is 114 Å². The van der Waals surface area contributed by atoms with E-state index in [-0.39, 0.29) is 5.91 Å². The normalized spacial score (nSPS) is 12.3. The van der Waals surface area contributed by atoms with Gasteiger partial charge in [0, 0.05) is 5.56 Å². The Morgan fingerprint density at radius 3 is 1.73 bits per heavy atom. The van der Waals surface area contributed by atoms with Gasteiger partial charge in [0.05, 0.1) is 52.3 Å². The first-order chi connectivity index (χ1) is 21.7. The zero-order valence-electron chi connectivity index (χ0n) is 28.7. The molecule has 8 nitrogen and oxygen atoms in total. The highest BCUT2D eigenvalue weighted by molar-refractivity contribution is 5.96. The molecule has 2 aromatic rings. The molecule has 0 aliphatic carbocycles. The predicted molar refractivity (Wildman–Crippen MR) is 184 cm³/mol. The van der Waals surface area contributed by atoms with Gasteiger partial charge in [0.15, 0.2) is 0 Å². The maximum absolute atomic E-state index is 12.6. The van der Waals surface area contributed by atoms with Crippen molar-refractivity contribution >= 4 is 23.3 Å². The van der Waals surface area contributed by atoms with E-state index in [0.717, 1.165) is 35.2 Å². The van der Waals surface area contributed by atoms with Crippen molar-refractivity contribution in [2.24, 2.45) is 10.2 Å². The number of ether oxygens (including phenoxy) is 2. The molecule has 0 saturated heterocycles. The van der Waals surface area contributed by atoms with Gasteiger partial charge in [0.25, 0.3) is 5.91 Å². The Morgan fingerprint density at radius 2 is 1.18 bits per heavy atom. The molecule has 1 atom stereocenters. The highest BCUT2D eigenvalue weighted by Gasteiger charge is 2.18. The third-order valence-corrected chi connectivity index (χ3v) is 7.68. The molecule has 0 spiro atoms. The number of benzene rings is 2. The lowest BCUT2D eigenvalue weighted by Crippen LogP contribution is -2.39. The number of amides is 1. The van der Waals surface area contributed by atoms with Gasteiger partial charge in [-0.05, 0) is 87.6 Å². The van der Waals surface area contributed by atoms with Crippen LogP contribution in [0.5, 0.6) is 5.75 Å². The minimum atomic E-state index is -0.718. The summed E-state index contributed by atoms with van der Waals surface area (Å²) in [6.07, 6.45) is 17.0. The van der Waals surface area contributed by atoms with Crippen LogP contribution in [-0.2, 0) is 9.53 Å². The van der Waals surface area contributed by atoms with E-state index in [1.54, 1.807) is 31.2 Å². The minimum Gasteiger partial charge on any atom is -0.494 e. The maximum atomic E-state index is 12.6. The first-order valence-electron chi connectivity index (χ1n) is 17.2. The van der Waals surface area contributed by atoms with Gasteiger partial charge < -0.3 is 19.3 Å². The predicted octanol–water partition coefficient (Wildman–Crippen LogP) is 9.33. The number of nitrogens with one attached hydrogen (secondary N) is 1. The van der Waals surface area contributed by atoms with Gasteiger partial charge in [-0.3, -0.25) is 4.79 Å². The van der Waals surface area contributed by atoms with Crippen molar-refractivity contribution in [3.8, 4) is 5.75 Å². The number of azo groups is 1. The summed E-state index contributed by atoms with van der Waals surface area (Å²) in [6, 6.07) is 13.6. The Labute approximate surface area is 272 Å². The van der Waals surface area contributed by atoms with Crippen LogP contribution in [0.4, 0.5) is 11.4 Å². The van der Waals surface area contributed by atoms with Gasteiger partial charge in [0.1, 0.15) is 11.8 Å². The number of quaternary nitrogens is 1. The molecule has 0 fully saturated rings. The van der Waals surface area contributed by atoms with Crippen LogP contribution in [0.3, 0.4) is 0 Å². The molecule has 45 heavy (non-hydrogen) atoms. The molecule has 0 bridgehead atoms. The summed E-state index contributed by atoms with van der Waals surface area (Å²) in [5.41, 5.74) is 1.79. The number of rotatable bonds is 24. The minimum absolute atomic E-state index is 0.332. The van der Waals surface area contributed by atoms with Gasteiger partial charge in [0.2, 0.25) is 0 Å². The van der Waals surface area contributed by atoms with Gasteiger partial charge in [-0.25, -0.2) is 4.79 Å². The summed E-state index contributed by atoms with van der Waals surface area (Å²) in [7, 11) is 6.69. The highest BCUT2D eigenvalue weighted by atomic mass is 16.5. The van der Waals surface area contributed by atoms with E-state index in [9.17, 15) is 9.59 Å². The lowest BCUT2D eigenvalue weighted by Gasteiger charge is -2.23. The van der Waals surface area contributed by atoms with Gasteiger partial charge in [-0.1, -0.05) is 64.7 Å². The molecular formula is C37H59N4O4+. The molecule has 0 aliphatic rings. The third kappa shape index (κ3) is 18.3. The van der Waals surface area contributed by atoms with E-state index < -0.39 is 12.0 Å². The summed E-state index contributed by atoms with van der Waals surface area (Å²) in [4.78, 5) is 25.0. The SMILES string of the molecule is CCCCCCCCCCCCOC(=O)C(C)NC(=O)c1ccc(N=Nc2ccc(OCCCCCC[N+](C)(C)C)cc2)cc1. The first kappa shape index (κ1) is 37.9. The fourth-order valence-corrected chi connectivity index (χ4v) is 4.86. The molecule has 1 N–H and O–H groups in total. The number of esters is 1. The lowest BCUT2D eigenvalue weighted by atomic mass is 10.1. The highest BCUT2D eigenvalue weighted by Crippen LogP contribution is 2.22. The van der Waals surface area contributed by atoms with E-state index in [2.05, 4.69) is 43.6 Å². The lowest BCUT2D eigenvalue weighted by molar-refractivity contribution is -0.870. The van der Waals surface area contributed by atoms with Crippen molar-refractivity contribution < 1.29 is 23.5 Å². The van der Waals surface area contributed by atoms with Crippen molar-refractivity contribution in [2.75, 3.05) is 40.9 Å². The molecule has 2 rings (SSSR count). The van der Waals surface area contributed by atoms with Crippen molar-refractivity contribution in [1.29, 1.82) is 0 Å². The molecule has 0 saturated carbocycles. The molecule has 1 unspecified atom stereocenters. The van der Waals surface area contributed by atoms with Crippen molar-refractivity contribution in [3.05, 3.63) is 54.1 Å². The second-order valence-corrected chi connectivity index (χ2v) is 13.1. The Morgan fingerprint density at radius 1 is 0.689 bits per heavy atom. The molecule has 8 heteroatoms. The number of carbonyl (C=O) groups is 2. The Bertz CT molecular complexity index is 1110. The molecule has 250 valence electrons. The van der Waals surface area contributed by atoms with Gasteiger partial charge >= 0.3 is 5.97 Å². The largest absolute Gasteiger partial charge is 0.494 e. The summed E-state index contributed by atoms with van der Waals surface area (Å²) in [5.74, 6) is 0.0846. The van der Waals surface area contributed by atoms with Gasteiger partial charge in [-0.2, -0.15) is 10.2 Å². The third-order valence-electron chi connectivity index (χ3n) is 7.68. The second-order valence-electron chi connectivity index (χ2n) is 13.1. The summed E-state index contributed by atoms with van der Waals surface area (Å²) in [6.45, 7) is 6.19. The zero-order chi connectivity index (χ0) is 32.8. The standard InChI is InChI=1S/C37H58N4O4/c1-6-7-8-9-10-11-12-13-15-19-30-45-37(43)31(2)38-36(42)32-20-22-33(23-21-32)39-40-34-24-26-35(27-25-34)44-29-18-16-14-17-28-41(3,4)5/h20-27,31H,6-19,28-30H2,1-5H3/p+1. The van der Waals surface area contributed by atoms with Crippen molar-refractivity contribution in [1.82, 2.24) is 5.32 Å². The van der Waals surface area contributed by atoms with Crippen LogP contribution >= 0.6 is 0 Å². The molecule has 0 heterocycles. The van der Waals surface area contributed by atoms with E-state index in [1.807, 2.05) is 24.3 Å².